The highest BCUT2D eigenvalue weighted by atomic mass is 16.4. The molecule has 1 fully saturated rings. The first kappa shape index (κ1) is 14.6. The summed E-state index contributed by atoms with van der Waals surface area (Å²) in [6.45, 7) is 4.06. The van der Waals surface area contributed by atoms with Crippen molar-refractivity contribution in [1.29, 1.82) is 0 Å². The van der Waals surface area contributed by atoms with Crippen LogP contribution in [0.4, 0.5) is 0 Å². The number of fused-ring (bicyclic) bond motifs is 1. The van der Waals surface area contributed by atoms with E-state index in [4.69, 9.17) is 0 Å². The van der Waals surface area contributed by atoms with E-state index in [1.165, 1.54) is 36.8 Å². The van der Waals surface area contributed by atoms with Crippen molar-refractivity contribution in [3.05, 3.63) is 35.4 Å². The Labute approximate surface area is 127 Å². The van der Waals surface area contributed by atoms with Crippen molar-refractivity contribution in [3.8, 4) is 0 Å². The SMILES string of the molecule is CC1CCCC(CN2Cc3ccccc3CC2C(=O)O)C1. The summed E-state index contributed by atoms with van der Waals surface area (Å²) in [5, 5.41) is 9.57. The fourth-order valence-electron chi connectivity index (χ4n) is 4.07. The normalized spacial score (nSPS) is 29.9. The van der Waals surface area contributed by atoms with Crippen LogP contribution in [0, 0.1) is 11.8 Å². The molecule has 0 aromatic heterocycles. The second kappa shape index (κ2) is 6.18. The zero-order valence-corrected chi connectivity index (χ0v) is 12.8. The average Bonchev–Trinajstić information content (AvgIpc) is 2.46. The molecule has 2 aliphatic rings. The van der Waals surface area contributed by atoms with Gasteiger partial charge in [-0.25, -0.2) is 0 Å². The van der Waals surface area contributed by atoms with E-state index in [0.717, 1.165) is 19.0 Å². The standard InChI is InChI=1S/C18H25NO2/c1-13-5-4-6-14(9-13)11-19-12-16-8-3-2-7-15(16)10-17(19)18(20)21/h2-3,7-8,13-14,17H,4-6,9-12H2,1H3,(H,20,21). The Morgan fingerprint density at radius 3 is 2.76 bits per heavy atom. The Morgan fingerprint density at radius 1 is 1.29 bits per heavy atom. The summed E-state index contributed by atoms with van der Waals surface area (Å²) >= 11 is 0. The van der Waals surface area contributed by atoms with Gasteiger partial charge in [-0.15, -0.1) is 0 Å². The van der Waals surface area contributed by atoms with Gasteiger partial charge in [-0.3, -0.25) is 9.69 Å². The Bertz CT molecular complexity index is 514. The number of nitrogens with zero attached hydrogens (tertiary/aromatic N) is 1. The van der Waals surface area contributed by atoms with E-state index in [1.54, 1.807) is 0 Å². The molecule has 0 spiro atoms. The molecule has 0 amide bonds. The van der Waals surface area contributed by atoms with E-state index in [2.05, 4.69) is 30.0 Å². The zero-order valence-electron chi connectivity index (χ0n) is 12.8. The van der Waals surface area contributed by atoms with Gasteiger partial charge in [-0.05, 0) is 42.2 Å². The smallest absolute Gasteiger partial charge is 0.321 e. The number of hydrogen-bond donors (Lipinski definition) is 1. The van der Waals surface area contributed by atoms with Gasteiger partial charge >= 0.3 is 5.97 Å². The summed E-state index contributed by atoms with van der Waals surface area (Å²) in [6.07, 6.45) is 5.79. The van der Waals surface area contributed by atoms with Gasteiger partial charge in [0, 0.05) is 13.1 Å². The van der Waals surface area contributed by atoms with E-state index < -0.39 is 5.97 Å². The van der Waals surface area contributed by atoms with Crippen LogP contribution in [-0.2, 0) is 17.8 Å². The quantitative estimate of drug-likeness (QED) is 0.927. The number of carbonyl (C=O) groups is 1. The molecule has 0 bridgehead atoms. The highest BCUT2D eigenvalue weighted by Gasteiger charge is 2.33. The molecular weight excluding hydrogens is 262 g/mol. The third-order valence-corrected chi connectivity index (χ3v) is 5.17. The van der Waals surface area contributed by atoms with Crippen molar-refractivity contribution in [1.82, 2.24) is 4.90 Å². The maximum atomic E-state index is 11.6. The Balaban J connectivity index is 1.74. The molecule has 21 heavy (non-hydrogen) atoms. The second-order valence-corrected chi connectivity index (χ2v) is 6.89. The summed E-state index contributed by atoms with van der Waals surface area (Å²) < 4.78 is 0. The van der Waals surface area contributed by atoms with Crippen molar-refractivity contribution in [3.63, 3.8) is 0 Å². The van der Waals surface area contributed by atoms with Crippen molar-refractivity contribution < 1.29 is 9.90 Å². The van der Waals surface area contributed by atoms with E-state index in [0.29, 0.717) is 12.3 Å². The van der Waals surface area contributed by atoms with Gasteiger partial charge in [0.15, 0.2) is 0 Å². The van der Waals surface area contributed by atoms with Crippen LogP contribution in [0.25, 0.3) is 0 Å². The Kier molecular flexibility index (Phi) is 4.29. The molecule has 0 saturated heterocycles. The maximum absolute atomic E-state index is 11.6. The van der Waals surface area contributed by atoms with Gasteiger partial charge in [0.25, 0.3) is 0 Å². The minimum absolute atomic E-state index is 0.350. The number of benzene rings is 1. The van der Waals surface area contributed by atoms with Gasteiger partial charge in [0.1, 0.15) is 6.04 Å². The van der Waals surface area contributed by atoms with Gasteiger partial charge in [-0.1, -0.05) is 44.0 Å². The van der Waals surface area contributed by atoms with Crippen molar-refractivity contribution in [2.45, 2.75) is 51.6 Å². The molecule has 1 aliphatic carbocycles. The van der Waals surface area contributed by atoms with Gasteiger partial charge < -0.3 is 5.11 Å². The summed E-state index contributed by atoms with van der Waals surface area (Å²) in [5.41, 5.74) is 2.51. The van der Waals surface area contributed by atoms with Crippen LogP contribution >= 0.6 is 0 Å². The lowest BCUT2D eigenvalue weighted by Gasteiger charge is -2.38. The summed E-state index contributed by atoms with van der Waals surface area (Å²) in [5.74, 6) is 0.790. The molecule has 3 rings (SSSR count). The predicted molar refractivity (Wildman–Crippen MR) is 83.1 cm³/mol. The third-order valence-electron chi connectivity index (χ3n) is 5.17. The van der Waals surface area contributed by atoms with Gasteiger partial charge in [0.2, 0.25) is 0 Å². The van der Waals surface area contributed by atoms with Crippen LogP contribution in [0.1, 0.15) is 43.7 Å². The molecule has 3 atom stereocenters. The van der Waals surface area contributed by atoms with Crippen molar-refractivity contribution >= 4 is 5.97 Å². The first-order valence-corrected chi connectivity index (χ1v) is 8.17. The fraction of sp³-hybridized carbons (Fsp3) is 0.611. The topological polar surface area (TPSA) is 40.5 Å². The molecule has 1 aromatic carbocycles. The molecule has 114 valence electrons. The lowest BCUT2D eigenvalue weighted by atomic mass is 9.81. The molecule has 3 unspecified atom stereocenters. The Hall–Kier alpha value is -1.35. The molecular formula is C18H25NO2. The molecule has 1 heterocycles. The summed E-state index contributed by atoms with van der Waals surface area (Å²) in [6, 6.07) is 7.93. The van der Waals surface area contributed by atoms with Gasteiger partial charge in [0.05, 0.1) is 0 Å². The van der Waals surface area contributed by atoms with Crippen LogP contribution in [0.2, 0.25) is 0 Å². The van der Waals surface area contributed by atoms with Crippen LogP contribution in [0.15, 0.2) is 24.3 Å². The van der Waals surface area contributed by atoms with Crippen molar-refractivity contribution in [2.24, 2.45) is 11.8 Å². The average molecular weight is 287 g/mol. The lowest BCUT2D eigenvalue weighted by molar-refractivity contribution is -0.144. The van der Waals surface area contributed by atoms with E-state index in [-0.39, 0.29) is 6.04 Å². The predicted octanol–water partition coefficient (Wildman–Crippen LogP) is 3.32. The van der Waals surface area contributed by atoms with Crippen LogP contribution in [0.5, 0.6) is 0 Å². The third kappa shape index (κ3) is 3.29. The number of carboxylic acid groups (broad SMARTS) is 1. The zero-order chi connectivity index (χ0) is 14.8. The number of hydrogen-bond acceptors (Lipinski definition) is 2. The van der Waals surface area contributed by atoms with Crippen LogP contribution in [-0.4, -0.2) is 28.6 Å². The van der Waals surface area contributed by atoms with E-state index in [9.17, 15) is 9.90 Å². The lowest BCUT2D eigenvalue weighted by Crippen LogP contribution is -2.47. The number of carboxylic acids is 1. The summed E-state index contributed by atoms with van der Waals surface area (Å²) in [7, 11) is 0. The first-order valence-electron chi connectivity index (χ1n) is 8.17. The molecule has 1 N–H and O–H groups in total. The molecule has 0 radical (unpaired) electrons. The molecule has 1 aliphatic heterocycles. The molecule has 1 aromatic rings. The summed E-state index contributed by atoms with van der Waals surface area (Å²) in [4.78, 5) is 13.8. The minimum atomic E-state index is -0.673. The van der Waals surface area contributed by atoms with Crippen LogP contribution < -0.4 is 0 Å². The highest BCUT2D eigenvalue weighted by Crippen LogP contribution is 2.31. The first-order chi connectivity index (χ1) is 10.1. The number of rotatable bonds is 3. The minimum Gasteiger partial charge on any atom is -0.480 e. The van der Waals surface area contributed by atoms with E-state index in [1.807, 2.05) is 6.07 Å². The van der Waals surface area contributed by atoms with Crippen molar-refractivity contribution in [2.75, 3.05) is 6.54 Å². The molecule has 3 nitrogen and oxygen atoms in total. The largest absolute Gasteiger partial charge is 0.480 e. The Morgan fingerprint density at radius 2 is 2.05 bits per heavy atom. The fourth-order valence-corrected chi connectivity index (χ4v) is 4.07. The second-order valence-electron chi connectivity index (χ2n) is 6.89. The monoisotopic (exact) mass is 287 g/mol. The highest BCUT2D eigenvalue weighted by molar-refractivity contribution is 5.74. The van der Waals surface area contributed by atoms with E-state index >= 15 is 0 Å². The molecule has 3 heteroatoms. The maximum Gasteiger partial charge on any atom is 0.321 e. The number of aliphatic carboxylic acids is 1. The molecule has 1 saturated carbocycles. The van der Waals surface area contributed by atoms with Crippen LogP contribution in [0.3, 0.4) is 0 Å². The van der Waals surface area contributed by atoms with Gasteiger partial charge in [-0.2, -0.15) is 0 Å².